The molecule has 0 aliphatic carbocycles. The number of alkyl halides is 3. The number of benzene rings is 1. The summed E-state index contributed by atoms with van der Waals surface area (Å²) in [6, 6.07) is 2.95. The van der Waals surface area contributed by atoms with Gasteiger partial charge in [0.15, 0.2) is 11.6 Å². The Morgan fingerprint density at radius 3 is 2.70 bits per heavy atom. The summed E-state index contributed by atoms with van der Waals surface area (Å²) in [6.45, 7) is -0.204. The third-order valence-electron chi connectivity index (χ3n) is 4.75. The lowest BCUT2D eigenvalue weighted by atomic mass is 9.98. The van der Waals surface area contributed by atoms with Crippen LogP contribution in [0.3, 0.4) is 0 Å². The number of anilines is 2. The van der Waals surface area contributed by atoms with E-state index in [1.807, 2.05) is 0 Å². The van der Waals surface area contributed by atoms with Crippen LogP contribution in [0.5, 0.6) is 5.75 Å². The van der Waals surface area contributed by atoms with E-state index in [1.54, 1.807) is 0 Å². The number of hydrogen-bond donors (Lipinski definition) is 2. The molecule has 0 spiro atoms. The minimum absolute atomic E-state index is 0.142. The summed E-state index contributed by atoms with van der Waals surface area (Å²) in [7, 11) is 1.07. The monoisotopic (exact) mass is 448 g/mol. The highest BCUT2D eigenvalue weighted by Crippen LogP contribution is 2.44. The molecule has 2 unspecified atom stereocenters. The predicted octanol–water partition coefficient (Wildman–Crippen LogP) is 3.73. The summed E-state index contributed by atoms with van der Waals surface area (Å²) < 4.78 is 73.5. The summed E-state index contributed by atoms with van der Waals surface area (Å²) in [5, 5.41) is 8.19. The summed E-state index contributed by atoms with van der Waals surface area (Å²) in [5.41, 5.74) is 0.0595. The highest BCUT2D eigenvalue weighted by Gasteiger charge is 2.53. The van der Waals surface area contributed by atoms with Crippen LogP contribution >= 0.6 is 11.9 Å². The van der Waals surface area contributed by atoms with Crippen molar-refractivity contribution in [2.45, 2.75) is 23.7 Å². The molecule has 3 rings (SSSR count). The molecular weight excluding hydrogens is 431 g/mol. The maximum atomic E-state index is 14.1. The van der Waals surface area contributed by atoms with Crippen LogP contribution in [0.25, 0.3) is 0 Å². The number of nitrogens with one attached hydrogen (secondary N) is 1. The van der Waals surface area contributed by atoms with Crippen molar-refractivity contribution in [3.8, 4) is 5.75 Å². The molecule has 1 fully saturated rings. The van der Waals surface area contributed by atoms with Crippen LogP contribution in [0.4, 0.5) is 33.3 Å². The Morgan fingerprint density at radius 2 is 2.07 bits per heavy atom. The Bertz CT molecular complexity index is 943. The van der Waals surface area contributed by atoms with Gasteiger partial charge in [0.2, 0.25) is 11.7 Å². The summed E-state index contributed by atoms with van der Waals surface area (Å²) in [6.07, 6.45) is -3.74. The minimum atomic E-state index is -4.68. The first-order valence-corrected chi connectivity index (χ1v) is 9.54. The van der Waals surface area contributed by atoms with Crippen molar-refractivity contribution in [3.05, 3.63) is 42.1 Å². The molecule has 2 heterocycles. The number of aromatic nitrogens is 1. The number of hydrogen-bond acceptors (Lipinski definition) is 6. The average Bonchev–Trinajstić information content (AvgIpc) is 3.15. The van der Waals surface area contributed by atoms with Gasteiger partial charge in [-0.05, 0) is 42.6 Å². The van der Waals surface area contributed by atoms with Gasteiger partial charge in [-0.2, -0.15) is 17.6 Å². The second-order valence-electron chi connectivity index (χ2n) is 6.48. The SMILES string of the molecule is COc1c(N2CCC(C(F)(F)F)C2C(=O)Nc2ccnc(SN)c2)ccc(F)c1F. The topological polar surface area (TPSA) is 80.5 Å². The van der Waals surface area contributed by atoms with Crippen LogP contribution in [0.15, 0.2) is 35.5 Å². The molecule has 1 aromatic carbocycles. The summed E-state index contributed by atoms with van der Waals surface area (Å²) >= 11 is 0.806. The van der Waals surface area contributed by atoms with E-state index in [4.69, 9.17) is 9.88 Å². The predicted molar refractivity (Wildman–Crippen MR) is 101 cm³/mol. The molecule has 0 radical (unpaired) electrons. The molecule has 162 valence electrons. The minimum Gasteiger partial charge on any atom is -0.491 e. The molecule has 6 nitrogen and oxygen atoms in total. The Morgan fingerprint density at radius 1 is 1.33 bits per heavy atom. The maximum Gasteiger partial charge on any atom is 0.394 e. The number of carbonyl (C=O) groups is 1. The fourth-order valence-electron chi connectivity index (χ4n) is 3.44. The van der Waals surface area contributed by atoms with Gasteiger partial charge < -0.3 is 15.0 Å². The summed E-state index contributed by atoms with van der Waals surface area (Å²) in [4.78, 5) is 17.9. The van der Waals surface area contributed by atoms with E-state index in [2.05, 4.69) is 10.3 Å². The molecule has 0 bridgehead atoms. The van der Waals surface area contributed by atoms with Crippen molar-refractivity contribution in [2.24, 2.45) is 11.1 Å². The molecule has 2 atom stereocenters. The molecule has 1 aliphatic heterocycles. The van der Waals surface area contributed by atoms with Gasteiger partial charge in [0.1, 0.15) is 11.1 Å². The molecule has 1 aromatic heterocycles. The van der Waals surface area contributed by atoms with Crippen molar-refractivity contribution >= 4 is 29.2 Å². The van der Waals surface area contributed by atoms with Gasteiger partial charge in [-0.25, -0.2) is 9.37 Å². The number of methoxy groups -OCH3 is 1. The normalized spacial score (nSPS) is 19.1. The highest BCUT2D eigenvalue weighted by molar-refractivity contribution is 7.97. The van der Waals surface area contributed by atoms with Gasteiger partial charge in [0.05, 0.1) is 18.7 Å². The fourth-order valence-corrected chi connectivity index (χ4v) is 3.76. The number of pyridine rings is 1. The lowest BCUT2D eigenvalue weighted by Gasteiger charge is -2.31. The van der Waals surface area contributed by atoms with Crippen molar-refractivity contribution in [3.63, 3.8) is 0 Å². The highest BCUT2D eigenvalue weighted by atomic mass is 32.2. The van der Waals surface area contributed by atoms with E-state index in [9.17, 15) is 26.7 Å². The second-order valence-corrected chi connectivity index (χ2v) is 7.13. The molecular formula is C18H17F5N4O2S. The first-order valence-electron chi connectivity index (χ1n) is 8.66. The number of halogens is 5. The third-order valence-corrected chi connectivity index (χ3v) is 5.22. The zero-order chi connectivity index (χ0) is 22.1. The van der Waals surface area contributed by atoms with Crippen LogP contribution in [-0.4, -0.2) is 36.8 Å². The second kappa shape index (κ2) is 8.64. The smallest absolute Gasteiger partial charge is 0.394 e. The molecule has 0 saturated carbocycles. The molecule has 12 heteroatoms. The fraction of sp³-hybridized carbons (Fsp3) is 0.333. The van der Waals surface area contributed by atoms with Crippen molar-refractivity contribution in [1.82, 2.24) is 4.98 Å². The van der Waals surface area contributed by atoms with Gasteiger partial charge in [-0.3, -0.25) is 9.93 Å². The lowest BCUT2D eigenvalue weighted by Crippen LogP contribution is -2.47. The standard InChI is InChI=1S/C18H17F5N4O2S/c1-29-16-12(3-2-11(19)14(16)20)27-7-5-10(18(21,22)23)15(27)17(28)26-9-4-6-25-13(8-9)30-24/h2-4,6,8,10,15H,5,7,24H2,1H3,(H,25,26,28). The van der Waals surface area contributed by atoms with E-state index in [1.165, 1.54) is 18.3 Å². The zero-order valence-corrected chi connectivity index (χ0v) is 16.4. The van der Waals surface area contributed by atoms with Crippen molar-refractivity contribution in [2.75, 3.05) is 23.9 Å². The molecule has 1 saturated heterocycles. The van der Waals surface area contributed by atoms with Crippen LogP contribution in [-0.2, 0) is 4.79 Å². The number of rotatable bonds is 5. The Kier molecular flexibility index (Phi) is 6.36. The first kappa shape index (κ1) is 22.1. The third kappa shape index (κ3) is 4.29. The number of nitrogens with two attached hydrogens (primary N) is 1. The lowest BCUT2D eigenvalue weighted by molar-refractivity contribution is -0.177. The molecule has 1 aliphatic rings. The number of ether oxygens (including phenoxy) is 1. The van der Waals surface area contributed by atoms with Gasteiger partial charge in [-0.1, -0.05) is 0 Å². The van der Waals surface area contributed by atoms with Crippen LogP contribution < -0.4 is 20.1 Å². The quantitative estimate of drug-likeness (QED) is 0.536. The van der Waals surface area contributed by atoms with Crippen molar-refractivity contribution in [1.29, 1.82) is 0 Å². The molecule has 30 heavy (non-hydrogen) atoms. The van der Waals surface area contributed by atoms with E-state index in [-0.39, 0.29) is 17.9 Å². The first-order chi connectivity index (χ1) is 14.2. The van der Waals surface area contributed by atoms with Crippen LogP contribution in [0.1, 0.15) is 6.42 Å². The largest absolute Gasteiger partial charge is 0.491 e. The van der Waals surface area contributed by atoms with E-state index < -0.39 is 47.8 Å². The van der Waals surface area contributed by atoms with E-state index in [0.29, 0.717) is 5.03 Å². The van der Waals surface area contributed by atoms with Gasteiger partial charge >= 0.3 is 6.18 Å². The van der Waals surface area contributed by atoms with Crippen LogP contribution in [0, 0.1) is 17.6 Å². The Balaban J connectivity index is 1.99. The van der Waals surface area contributed by atoms with Gasteiger partial charge in [0.25, 0.3) is 0 Å². The Hall–Kier alpha value is -2.60. The van der Waals surface area contributed by atoms with Gasteiger partial charge in [0, 0.05) is 18.4 Å². The molecule has 2 aromatic rings. The van der Waals surface area contributed by atoms with Crippen molar-refractivity contribution < 1.29 is 31.5 Å². The summed E-state index contributed by atoms with van der Waals surface area (Å²) in [5.74, 6) is -6.10. The molecule has 1 amide bonds. The van der Waals surface area contributed by atoms with Gasteiger partial charge in [-0.15, -0.1) is 0 Å². The van der Waals surface area contributed by atoms with E-state index >= 15 is 0 Å². The Labute approximate surface area is 172 Å². The number of amides is 1. The van der Waals surface area contributed by atoms with E-state index in [0.717, 1.165) is 36.1 Å². The number of carbonyl (C=O) groups excluding carboxylic acids is 1. The maximum absolute atomic E-state index is 14.1. The molecule has 3 N–H and O–H groups in total. The zero-order valence-electron chi connectivity index (χ0n) is 15.5. The number of nitrogens with zero attached hydrogens (tertiary/aromatic N) is 2. The van der Waals surface area contributed by atoms with Crippen LogP contribution in [0.2, 0.25) is 0 Å². The average molecular weight is 448 g/mol.